The summed E-state index contributed by atoms with van der Waals surface area (Å²) in [6.45, 7) is 1.93. The summed E-state index contributed by atoms with van der Waals surface area (Å²) in [5, 5.41) is 14.5. The van der Waals surface area contributed by atoms with Crippen molar-refractivity contribution in [2.45, 2.75) is 19.5 Å². The summed E-state index contributed by atoms with van der Waals surface area (Å²) in [4.78, 5) is 25.3. The molecule has 3 amide bonds. The third kappa shape index (κ3) is 5.64. The Kier molecular flexibility index (Phi) is 7.71. The molecule has 6 nitrogen and oxygen atoms in total. The van der Waals surface area contributed by atoms with Crippen LogP contribution in [0, 0.1) is 11.6 Å². The van der Waals surface area contributed by atoms with Gasteiger partial charge >= 0.3 is 6.03 Å². The second-order valence-corrected chi connectivity index (χ2v) is 6.36. The van der Waals surface area contributed by atoms with Gasteiger partial charge in [0, 0.05) is 28.9 Å². The van der Waals surface area contributed by atoms with E-state index in [1.165, 1.54) is 23.1 Å². The highest BCUT2D eigenvalue weighted by molar-refractivity contribution is 6.32. The van der Waals surface area contributed by atoms with Crippen LogP contribution in [0.25, 0.3) is 0 Å². The van der Waals surface area contributed by atoms with E-state index < -0.39 is 17.7 Å². The molecule has 0 aliphatic carbocycles. The third-order valence-corrected chi connectivity index (χ3v) is 4.35. The number of fused-ring (bicyclic) bond motifs is 1. The molecule has 0 fully saturated rings. The zero-order valence-electron chi connectivity index (χ0n) is 15.1. The van der Waals surface area contributed by atoms with Crippen molar-refractivity contribution in [1.82, 2.24) is 10.2 Å². The molecule has 150 valence electrons. The van der Waals surface area contributed by atoms with Gasteiger partial charge in [0.1, 0.15) is 17.7 Å². The van der Waals surface area contributed by atoms with Crippen molar-refractivity contribution in [3.8, 4) is 0 Å². The quantitative estimate of drug-likeness (QED) is 0.723. The molecule has 28 heavy (non-hydrogen) atoms. The van der Waals surface area contributed by atoms with Crippen molar-refractivity contribution in [1.29, 1.82) is 0 Å². The van der Waals surface area contributed by atoms with Crippen molar-refractivity contribution in [2.24, 2.45) is 0 Å². The number of nitrogens with one attached hydrogen (secondary N) is 2. The van der Waals surface area contributed by atoms with E-state index in [0.29, 0.717) is 10.7 Å². The highest BCUT2D eigenvalue weighted by atomic mass is 35.5. The van der Waals surface area contributed by atoms with E-state index in [2.05, 4.69) is 10.6 Å². The first-order valence-corrected chi connectivity index (χ1v) is 8.86. The minimum absolute atomic E-state index is 0.140. The number of rotatable bonds is 4. The van der Waals surface area contributed by atoms with Crippen LogP contribution in [0.15, 0.2) is 42.5 Å². The molecule has 3 N–H and O–H groups in total. The Balaban J connectivity index is 0.000000292. The number of nitrogens with zero attached hydrogens (tertiary/aromatic N) is 1. The average Bonchev–Trinajstić information content (AvgIpc) is 2.65. The van der Waals surface area contributed by atoms with Gasteiger partial charge in [-0.05, 0) is 31.2 Å². The molecule has 1 heterocycles. The van der Waals surface area contributed by atoms with Gasteiger partial charge in [0.2, 0.25) is 5.91 Å². The van der Waals surface area contributed by atoms with Gasteiger partial charge in [-0.25, -0.2) is 13.6 Å². The molecule has 2 aromatic rings. The zero-order valence-corrected chi connectivity index (χ0v) is 15.8. The van der Waals surface area contributed by atoms with Gasteiger partial charge in [-0.15, -0.1) is 0 Å². The SMILES string of the molecule is CC(C(=O)NCCO)N1Cc2c(Cl)cccc2NC1=O.Fc1cccc(F)c1. The van der Waals surface area contributed by atoms with Gasteiger partial charge < -0.3 is 20.6 Å². The van der Waals surface area contributed by atoms with Crippen LogP contribution in [0.4, 0.5) is 19.3 Å². The number of urea groups is 1. The summed E-state index contributed by atoms with van der Waals surface area (Å²) in [5.74, 6) is -1.39. The standard InChI is InChI=1S/C13H16ClN3O3.C6H4F2/c1-8(12(19)15-5-6-18)17-7-9-10(14)3-2-4-11(9)16-13(17)20;7-5-2-1-3-6(8)4-5/h2-4,8,18H,5-7H2,1H3,(H,15,19)(H,16,20);1-4H. The van der Waals surface area contributed by atoms with Crippen LogP contribution >= 0.6 is 11.6 Å². The highest BCUT2D eigenvalue weighted by Gasteiger charge is 2.31. The first kappa shape index (κ1) is 21.6. The molecule has 0 spiro atoms. The van der Waals surface area contributed by atoms with Gasteiger partial charge in [0.05, 0.1) is 13.2 Å². The van der Waals surface area contributed by atoms with E-state index in [0.717, 1.165) is 11.6 Å². The van der Waals surface area contributed by atoms with Crippen molar-refractivity contribution in [3.05, 3.63) is 64.7 Å². The van der Waals surface area contributed by atoms with Gasteiger partial charge in [-0.1, -0.05) is 23.7 Å². The molecule has 0 bridgehead atoms. The number of aliphatic hydroxyl groups is 1. The van der Waals surface area contributed by atoms with Gasteiger partial charge in [0.15, 0.2) is 0 Å². The van der Waals surface area contributed by atoms with Crippen molar-refractivity contribution in [2.75, 3.05) is 18.5 Å². The molecule has 1 aliphatic rings. The smallest absolute Gasteiger partial charge is 0.322 e. The lowest BCUT2D eigenvalue weighted by atomic mass is 10.1. The van der Waals surface area contributed by atoms with E-state index >= 15 is 0 Å². The highest BCUT2D eigenvalue weighted by Crippen LogP contribution is 2.30. The normalized spacial score (nSPS) is 13.6. The lowest BCUT2D eigenvalue weighted by Crippen LogP contribution is -2.51. The van der Waals surface area contributed by atoms with Gasteiger partial charge in [0.25, 0.3) is 0 Å². The maximum atomic E-state index is 12.0. The summed E-state index contributed by atoms with van der Waals surface area (Å²) in [7, 11) is 0. The van der Waals surface area contributed by atoms with Gasteiger partial charge in [-0.2, -0.15) is 0 Å². The fraction of sp³-hybridized carbons (Fsp3) is 0.263. The van der Waals surface area contributed by atoms with Gasteiger partial charge in [-0.3, -0.25) is 4.79 Å². The number of carbonyl (C=O) groups excluding carboxylic acids is 2. The Morgan fingerprint density at radius 1 is 1.29 bits per heavy atom. The maximum Gasteiger partial charge on any atom is 0.322 e. The molecule has 1 aliphatic heterocycles. The van der Waals surface area contributed by atoms with Crippen molar-refractivity contribution >= 4 is 29.2 Å². The van der Waals surface area contributed by atoms with Crippen LogP contribution in [0.5, 0.6) is 0 Å². The summed E-state index contributed by atoms with van der Waals surface area (Å²) in [6.07, 6.45) is 0. The second-order valence-electron chi connectivity index (χ2n) is 5.95. The molecular formula is C19H20ClF2N3O3. The summed E-state index contributed by atoms with van der Waals surface area (Å²) < 4.78 is 23.9. The lowest BCUT2D eigenvalue weighted by Gasteiger charge is -2.33. The molecule has 0 saturated carbocycles. The molecule has 0 saturated heterocycles. The Morgan fingerprint density at radius 2 is 1.93 bits per heavy atom. The molecular weight excluding hydrogens is 392 g/mol. The summed E-state index contributed by atoms with van der Waals surface area (Å²) in [6, 6.07) is 8.84. The van der Waals surface area contributed by atoms with E-state index in [1.54, 1.807) is 25.1 Å². The number of aliphatic hydroxyl groups excluding tert-OH is 1. The maximum absolute atomic E-state index is 12.0. The number of benzene rings is 2. The number of hydrogen-bond donors (Lipinski definition) is 3. The largest absolute Gasteiger partial charge is 0.395 e. The Labute approximate surface area is 166 Å². The molecule has 2 aromatic carbocycles. The van der Waals surface area contributed by atoms with Crippen LogP contribution in [0.1, 0.15) is 12.5 Å². The predicted octanol–water partition coefficient (Wildman–Crippen LogP) is 3.15. The van der Waals surface area contributed by atoms with Crippen LogP contribution < -0.4 is 10.6 Å². The number of hydrogen-bond acceptors (Lipinski definition) is 3. The van der Waals surface area contributed by atoms with E-state index in [1.807, 2.05) is 0 Å². The average molecular weight is 412 g/mol. The minimum Gasteiger partial charge on any atom is -0.395 e. The Bertz CT molecular complexity index is 834. The third-order valence-electron chi connectivity index (χ3n) is 3.99. The lowest BCUT2D eigenvalue weighted by molar-refractivity contribution is -0.125. The predicted molar refractivity (Wildman–Crippen MR) is 102 cm³/mol. The zero-order chi connectivity index (χ0) is 20.7. The summed E-state index contributed by atoms with van der Waals surface area (Å²) in [5.41, 5.74) is 1.46. The summed E-state index contributed by atoms with van der Waals surface area (Å²) >= 11 is 6.11. The van der Waals surface area contributed by atoms with E-state index in [-0.39, 0.29) is 31.6 Å². The van der Waals surface area contributed by atoms with Crippen LogP contribution in [-0.2, 0) is 11.3 Å². The van der Waals surface area contributed by atoms with Crippen LogP contribution in [0.2, 0.25) is 5.02 Å². The van der Waals surface area contributed by atoms with Crippen molar-refractivity contribution in [3.63, 3.8) is 0 Å². The fourth-order valence-corrected chi connectivity index (χ4v) is 2.74. The number of anilines is 1. The van der Waals surface area contributed by atoms with Crippen LogP contribution in [-0.4, -0.2) is 41.1 Å². The number of halogens is 3. The second kappa shape index (κ2) is 10.0. The Morgan fingerprint density at radius 3 is 2.50 bits per heavy atom. The number of amides is 3. The monoisotopic (exact) mass is 411 g/mol. The molecule has 1 atom stereocenters. The number of carbonyl (C=O) groups is 2. The molecule has 9 heteroatoms. The fourth-order valence-electron chi connectivity index (χ4n) is 2.51. The molecule has 3 rings (SSSR count). The molecule has 0 radical (unpaired) electrons. The minimum atomic E-state index is -0.647. The molecule has 1 unspecified atom stereocenters. The first-order valence-electron chi connectivity index (χ1n) is 8.48. The van der Waals surface area contributed by atoms with E-state index in [4.69, 9.17) is 16.7 Å². The first-order chi connectivity index (χ1) is 13.3. The Hall–Kier alpha value is -2.71. The van der Waals surface area contributed by atoms with E-state index in [9.17, 15) is 18.4 Å². The topological polar surface area (TPSA) is 81.7 Å². The molecule has 0 aromatic heterocycles. The van der Waals surface area contributed by atoms with Crippen LogP contribution in [0.3, 0.4) is 0 Å². The van der Waals surface area contributed by atoms with Crippen molar-refractivity contribution < 1.29 is 23.5 Å².